The first-order chi connectivity index (χ1) is 14.2. The van der Waals surface area contributed by atoms with E-state index in [0.717, 1.165) is 18.2 Å². The van der Waals surface area contributed by atoms with Gasteiger partial charge in [0, 0.05) is 18.0 Å². The molecule has 0 aliphatic heterocycles. The number of carbonyl (C=O) groups is 1. The second kappa shape index (κ2) is 8.68. The Balaban J connectivity index is 1.62. The number of nitrogens with one attached hydrogen (secondary N) is 2. The van der Waals surface area contributed by atoms with Gasteiger partial charge in [0.15, 0.2) is 5.75 Å². The maximum Gasteiger partial charge on any atom is 0.573 e. The minimum Gasteiger partial charge on any atom is -0.483 e. The fourth-order valence-electron chi connectivity index (χ4n) is 2.38. The van der Waals surface area contributed by atoms with Gasteiger partial charge < -0.3 is 19.8 Å². The Bertz CT molecular complexity index is 1080. The Kier molecular flexibility index (Phi) is 6.05. The average molecular weight is 422 g/mol. The van der Waals surface area contributed by atoms with Crippen molar-refractivity contribution in [2.45, 2.75) is 13.0 Å². The molecule has 0 fully saturated rings. The molecule has 0 atom stereocenters. The maximum absolute atomic E-state index is 12.9. The molecule has 3 rings (SSSR count). The molecule has 3 aromatic rings. The van der Waals surface area contributed by atoms with Gasteiger partial charge in [-0.1, -0.05) is 12.1 Å². The first-order valence-electron chi connectivity index (χ1n) is 8.47. The molecule has 0 spiro atoms. The van der Waals surface area contributed by atoms with E-state index in [1.54, 1.807) is 0 Å². The van der Waals surface area contributed by atoms with E-state index in [4.69, 9.17) is 4.74 Å². The fraction of sp³-hybridized carbons (Fsp3) is 0.100. The van der Waals surface area contributed by atoms with E-state index in [0.29, 0.717) is 5.56 Å². The zero-order valence-electron chi connectivity index (χ0n) is 15.1. The summed E-state index contributed by atoms with van der Waals surface area (Å²) in [5, 5.41) is 2.44. The summed E-state index contributed by atoms with van der Waals surface area (Å²) in [4.78, 5) is 27.0. The lowest BCUT2D eigenvalue weighted by atomic mass is 10.2. The van der Waals surface area contributed by atoms with Gasteiger partial charge in [-0.05, 0) is 42.0 Å². The van der Waals surface area contributed by atoms with E-state index in [9.17, 15) is 27.2 Å². The summed E-state index contributed by atoms with van der Waals surface area (Å²) in [6, 6.07) is 11.1. The zero-order valence-corrected chi connectivity index (χ0v) is 15.1. The average Bonchev–Trinajstić information content (AvgIpc) is 2.68. The van der Waals surface area contributed by atoms with Crippen molar-refractivity contribution < 1.29 is 31.8 Å². The second-order valence-electron chi connectivity index (χ2n) is 6.02. The quantitative estimate of drug-likeness (QED) is 0.583. The number of hydrogen-bond donors (Lipinski definition) is 2. The van der Waals surface area contributed by atoms with Gasteiger partial charge in [0.05, 0.1) is 0 Å². The van der Waals surface area contributed by atoms with Crippen molar-refractivity contribution >= 4 is 11.6 Å². The van der Waals surface area contributed by atoms with Gasteiger partial charge in [-0.15, -0.1) is 13.2 Å². The van der Waals surface area contributed by atoms with Crippen LogP contribution in [0.2, 0.25) is 0 Å². The van der Waals surface area contributed by atoms with Gasteiger partial charge in [0.25, 0.3) is 5.91 Å². The lowest BCUT2D eigenvalue weighted by molar-refractivity contribution is -0.274. The molecule has 0 aliphatic carbocycles. The lowest BCUT2D eigenvalue weighted by Gasteiger charge is -2.10. The standard InChI is InChI=1S/C20H14F4N2O4/c21-13-3-1-12(2-4-13)11-29-18-10-25-16(9-17(18)27)19(28)26-14-5-7-15(8-6-14)30-20(22,23)24/h1-10H,11H2,(H,25,27)(H,26,28). The van der Waals surface area contributed by atoms with Crippen LogP contribution >= 0.6 is 0 Å². The van der Waals surface area contributed by atoms with Gasteiger partial charge in [-0.3, -0.25) is 9.59 Å². The van der Waals surface area contributed by atoms with Crippen molar-refractivity contribution in [3.8, 4) is 11.5 Å². The molecule has 0 bridgehead atoms. The van der Waals surface area contributed by atoms with Crippen LogP contribution in [0.4, 0.5) is 23.2 Å². The Morgan fingerprint density at radius 2 is 1.70 bits per heavy atom. The van der Waals surface area contributed by atoms with Crippen molar-refractivity contribution in [3.05, 3.63) is 88.1 Å². The summed E-state index contributed by atoms with van der Waals surface area (Å²) in [5.74, 6) is -1.54. The normalized spacial score (nSPS) is 11.1. The van der Waals surface area contributed by atoms with Crippen LogP contribution in [0.25, 0.3) is 0 Å². The number of anilines is 1. The second-order valence-corrected chi connectivity index (χ2v) is 6.02. The summed E-state index contributed by atoms with van der Waals surface area (Å²) >= 11 is 0. The summed E-state index contributed by atoms with van der Waals surface area (Å²) in [6.07, 6.45) is -3.61. The zero-order chi connectivity index (χ0) is 21.7. The van der Waals surface area contributed by atoms with Crippen molar-refractivity contribution in [2.24, 2.45) is 0 Å². The monoisotopic (exact) mass is 422 g/mol. The highest BCUT2D eigenvalue weighted by molar-refractivity contribution is 6.02. The fourth-order valence-corrected chi connectivity index (χ4v) is 2.38. The van der Waals surface area contributed by atoms with Crippen LogP contribution in [-0.2, 0) is 6.61 Å². The number of H-pyrrole nitrogens is 1. The summed E-state index contributed by atoms with van der Waals surface area (Å²) in [5.41, 5.74) is 0.210. The Hall–Kier alpha value is -3.82. The third-order valence-electron chi connectivity index (χ3n) is 3.78. The van der Waals surface area contributed by atoms with Crippen molar-refractivity contribution in [1.29, 1.82) is 0 Å². The first-order valence-corrected chi connectivity index (χ1v) is 8.47. The van der Waals surface area contributed by atoms with Crippen LogP contribution in [0, 0.1) is 5.82 Å². The van der Waals surface area contributed by atoms with Crippen LogP contribution in [0.15, 0.2) is 65.6 Å². The number of pyridine rings is 1. The maximum atomic E-state index is 12.9. The molecule has 2 N–H and O–H groups in total. The van der Waals surface area contributed by atoms with Crippen LogP contribution in [-0.4, -0.2) is 17.3 Å². The molecule has 0 aliphatic rings. The van der Waals surface area contributed by atoms with Crippen molar-refractivity contribution in [1.82, 2.24) is 4.98 Å². The highest BCUT2D eigenvalue weighted by Crippen LogP contribution is 2.24. The molecule has 1 amide bonds. The van der Waals surface area contributed by atoms with Gasteiger partial charge in [-0.25, -0.2) is 4.39 Å². The van der Waals surface area contributed by atoms with Gasteiger partial charge >= 0.3 is 6.36 Å². The minimum absolute atomic E-state index is 0.0290. The molecule has 2 aromatic carbocycles. The predicted molar refractivity (Wildman–Crippen MR) is 98.9 cm³/mol. The Labute approximate surface area is 167 Å². The van der Waals surface area contributed by atoms with Gasteiger partial charge in [-0.2, -0.15) is 0 Å². The van der Waals surface area contributed by atoms with Crippen LogP contribution in [0.1, 0.15) is 16.1 Å². The number of hydrogen-bond acceptors (Lipinski definition) is 4. The number of benzene rings is 2. The van der Waals surface area contributed by atoms with E-state index < -0.39 is 29.3 Å². The molecular formula is C20H14F4N2O4. The molecule has 0 unspecified atom stereocenters. The summed E-state index contributed by atoms with van der Waals surface area (Å²) in [6.45, 7) is 0.0290. The van der Waals surface area contributed by atoms with Crippen LogP contribution in [0.3, 0.4) is 0 Å². The van der Waals surface area contributed by atoms with E-state index in [2.05, 4.69) is 15.0 Å². The summed E-state index contributed by atoms with van der Waals surface area (Å²) in [7, 11) is 0. The number of amides is 1. The Morgan fingerprint density at radius 1 is 1.03 bits per heavy atom. The smallest absolute Gasteiger partial charge is 0.483 e. The SMILES string of the molecule is O=C(Nc1ccc(OC(F)(F)F)cc1)c1cc(=O)c(OCc2ccc(F)cc2)c[nH]1. The number of rotatable bonds is 6. The molecule has 6 nitrogen and oxygen atoms in total. The molecule has 1 heterocycles. The first kappa shape index (κ1) is 20.9. The number of aromatic amines is 1. The van der Waals surface area contributed by atoms with E-state index in [1.165, 1.54) is 42.6 Å². The van der Waals surface area contributed by atoms with E-state index >= 15 is 0 Å². The molecule has 0 radical (unpaired) electrons. The molecule has 30 heavy (non-hydrogen) atoms. The highest BCUT2D eigenvalue weighted by atomic mass is 19.4. The number of carbonyl (C=O) groups excluding carboxylic acids is 1. The molecule has 10 heteroatoms. The third-order valence-corrected chi connectivity index (χ3v) is 3.78. The lowest BCUT2D eigenvalue weighted by Crippen LogP contribution is -2.18. The van der Waals surface area contributed by atoms with Crippen LogP contribution in [0.5, 0.6) is 11.5 Å². The topological polar surface area (TPSA) is 80.4 Å². The van der Waals surface area contributed by atoms with Gasteiger partial charge in [0.2, 0.25) is 5.43 Å². The molecule has 1 aromatic heterocycles. The van der Waals surface area contributed by atoms with Gasteiger partial charge in [0.1, 0.15) is 23.9 Å². The molecule has 0 saturated heterocycles. The van der Waals surface area contributed by atoms with Crippen molar-refractivity contribution in [2.75, 3.05) is 5.32 Å². The highest BCUT2D eigenvalue weighted by Gasteiger charge is 2.30. The molecule has 0 saturated carbocycles. The van der Waals surface area contributed by atoms with Crippen LogP contribution < -0.4 is 20.2 Å². The number of alkyl halides is 3. The molecular weight excluding hydrogens is 408 g/mol. The number of aromatic nitrogens is 1. The van der Waals surface area contributed by atoms with E-state index in [1.807, 2.05) is 0 Å². The summed E-state index contributed by atoms with van der Waals surface area (Å²) < 4.78 is 58.5. The van der Waals surface area contributed by atoms with Crippen molar-refractivity contribution in [3.63, 3.8) is 0 Å². The van der Waals surface area contributed by atoms with E-state index in [-0.39, 0.29) is 23.7 Å². The third kappa shape index (κ3) is 5.84. The minimum atomic E-state index is -4.81. The predicted octanol–water partition coefficient (Wildman–Crippen LogP) is 4.24. The largest absolute Gasteiger partial charge is 0.573 e. The number of ether oxygens (including phenoxy) is 2. The molecule has 156 valence electrons. The Morgan fingerprint density at radius 3 is 2.30 bits per heavy atom. The number of halogens is 4.